The van der Waals surface area contributed by atoms with E-state index >= 15 is 0 Å². The number of hydrogen-bond donors (Lipinski definition) is 0. The quantitative estimate of drug-likeness (QED) is 0.289. The molecular weight excluding hydrogens is 420 g/mol. The molecule has 164 valence electrons. The van der Waals surface area contributed by atoms with Gasteiger partial charge in [-0.15, -0.1) is 0 Å². The minimum Gasteiger partial charge on any atom is -0.437 e. The van der Waals surface area contributed by atoms with Crippen molar-refractivity contribution in [1.82, 2.24) is 19.5 Å². The zero-order chi connectivity index (χ0) is 22.9. The van der Waals surface area contributed by atoms with Gasteiger partial charge in [-0.05, 0) is 53.9 Å². The zero-order valence-electron chi connectivity index (χ0n) is 18.7. The maximum absolute atomic E-state index is 5.91. The average molecular weight is 443 g/mol. The van der Waals surface area contributed by atoms with Crippen LogP contribution >= 0.6 is 0 Å². The van der Waals surface area contributed by atoms with Crippen molar-refractivity contribution in [3.8, 4) is 28.6 Å². The highest BCUT2D eigenvalue weighted by Gasteiger charge is 2.14. The second-order valence-electron chi connectivity index (χ2n) is 8.14. The number of pyridine rings is 3. The zero-order valence-corrected chi connectivity index (χ0v) is 18.7. The van der Waals surface area contributed by atoms with Gasteiger partial charge in [-0.3, -0.25) is 9.55 Å². The Balaban J connectivity index is 1.51. The minimum atomic E-state index is 0.541. The Labute approximate surface area is 197 Å². The van der Waals surface area contributed by atoms with E-state index in [4.69, 9.17) is 9.72 Å². The van der Waals surface area contributed by atoms with Crippen LogP contribution in [-0.4, -0.2) is 19.5 Å². The van der Waals surface area contributed by atoms with E-state index in [2.05, 4.69) is 76.1 Å². The van der Waals surface area contributed by atoms with E-state index in [1.54, 1.807) is 12.4 Å². The van der Waals surface area contributed by atoms with Crippen LogP contribution in [0.1, 0.15) is 12.5 Å². The molecule has 5 heteroatoms. The number of para-hydroxylation sites is 1. The maximum Gasteiger partial charge on any atom is 0.219 e. The molecule has 2 aromatic carbocycles. The summed E-state index contributed by atoms with van der Waals surface area (Å²) in [4.78, 5) is 13.4. The molecule has 0 fully saturated rings. The highest BCUT2D eigenvalue weighted by Crippen LogP contribution is 2.35. The van der Waals surface area contributed by atoms with E-state index in [9.17, 15) is 0 Å². The SMILES string of the molecule is CCc1ccnc(-n2c3ccccc3c3ccc(-c4cncc(Oc5ccccn5)c4)cc32)c1. The number of nitrogens with zero attached hydrogens (tertiary/aromatic N) is 4. The molecule has 34 heavy (non-hydrogen) atoms. The molecular formula is C29H22N4O. The lowest BCUT2D eigenvalue weighted by molar-refractivity contribution is 0.461. The Hall–Kier alpha value is -4.51. The first-order chi connectivity index (χ1) is 16.8. The lowest BCUT2D eigenvalue weighted by Crippen LogP contribution is -1.98. The standard InChI is InChI=1S/C29H22N4O/c1-2-20-12-14-31-28(15-20)33-26-8-4-3-7-24(26)25-11-10-21(17-27(25)33)22-16-23(19-30-18-22)34-29-9-5-6-13-32-29/h3-19H,2H2,1H3. The molecule has 0 aliphatic rings. The predicted molar refractivity (Wildman–Crippen MR) is 135 cm³/mol. The Kier molecular flexibility index (Phi) is 5.00. The van der Waals surface area contributed by atoms with Gasteiger partial charge in [0.15, 0.2) is 0 Å². The Morgan fingerprint density at radius 1 is 0.735 bits per heavy atom. The van der Waals surface area contributed by atoms with E-state index in [1.807, 2.05) is 36.7 Å². The number of aryl methyl sites for hydroxylation is 1. The van der Waals surface area contributed by atoms with Crippen LogP contribution in [0.2, 0.25) is 0 Å². The van der Waals surface area contributed by atoms with E-state index in [-0.39, 0.29) is 0 Å². The van der Waals surface area contributed by atoms with Gasteiger partial charge in [0.25, 0.3) is 0 Å². The van der Waals surface area contributed by atoms with Crippen molar-refractivity contribution in [2.24, 2.45) is 0 Å². The summed E-state index contributed by atoms with van der Waals surface area (Å²) in [5.74, 6) is 2.11. The van der Waals surface area contributed by atoms with Crippen molar-refractivity contribution >= 4 is 21.8 Å². The molecule has 0 N–H and O–H groups in total. The number of aromatic nitrogens is 4. The van der Waals surface area contributed by atoms with Crippen LogP contribution in [0.5, 0.6) is 11.6 Å². The molecule has 0 bridgehead atoms. The first-order valence-electron chi connectivity index (χ1n) is 11.3. The van der Waals surface area contributed by atoms with Crippen molar-refractivity contribution < 1.29 is 4.74 Å². The van der Waals surface area contributed by atoms with E-state index in [1.165, 1.54) is 16.3 Å². The van der Waals surface area contributed by atoms with Crippen molar-refractivity contribution in [2.75, 3.05) is 0 Å². The van der Waals surface area contributed by atoms with Crippen LogP contribution in [0.15, 0.2) is 104 Å². The molecule has 0 atom stereocenters. The number of fused-ring (bicyclic) bond motifs is 3. The monoisotopic (exact) mass is 442 g/mol. The molecule has 4 aromatic heterocycles. The molecule has 4 heterocycles. The summed E-state index contributed by atoms with van der Waals surface area (Å²) in [5.41, 5.74) is 5.54. The first kappa shape index (κ1) is 20.1. The smallest absolute Gasteiger partial charge is 0.219 e. The fraction of sp³-hybridized carbons (Fsp3) is 0.0690. The lowest BCUT2D eigenvalue weighted by Gasteiger charge is -2.10. The van der Waals surface area contributed by atoms with Crippen LogP contribution in [0.25, 0.3) is 38.8 Å². The Morgan fingerprint density at radius 2 is 1.62 bits per heavy atom. The van der Waals surface area contributed by atoms with Gasteiger partial charge >= 0.3 is 0 Å². The van der Waals surface area contributed by atoms with Gasteiger partial charge in [-0.2, -0.15) is 0 Å². The highest BCUT2D eigenvalue weighted by molar-refractivity contribution is 6.10. The fourth-order valence-corrected chi connectivity index (χ4v) is 4.36. The van der Waals surface area contributed by atoms with Crippen molar-refractivity contribution in [3.05, 3.63) is 109 Å². The van der Waals surface area contributed by atoms with Crippen LogP contribution in [0.4, 0.5) is 0 Å². The van der Waals surface area contributed by atoms with Gasteiger partial charge in [-0.25, -0.2) is 9.97 Å². The molecule has 6 rings (SSSR count). The normalized spacial score (nSPS) is 11.2. The molecule has 0 aliphatic heterocycles. The van der Waals surface area contributed by atoms with Gasteiger partial charge in [0.05, 0.1) is 17.2 Å². The minimum absolute atomic E-state index is 0.541. The second kappa shape index (κ2) is 8.45. The number of benzene rings is 2. The molecule has 0 amide bonds. The molecule has 0 radical (unpaired) electrons. The fourth-order valence-electron chi connectivity index (χ4n) is 4.36. The third-order valence-corrected chi connectivity index (χ3v) is 6.03. The summed E-state index contributed by atoms with van der Waals surface area (Å²) in [6.45, 7) is 2.16. The van der Waals surface area contributed by atoms with Gasteiger partial charge in [-0.1, -0.05) is 43.3 Å². The summed E-state index contributed by atoms with van der Waals surface area (Å²) in [6, 6.07) is 26.8. The molecule has 0 aliphatic carbocycles. The van der Waals surface area contributed by atoms with Crippen LogP contribution in [-0.2, 0) is 6.42 Å². The van der Waals surface area contributed by atoms with Gasteiger partial charge in [0, 0.05) is 41.0 Å². The van der Waals surface area contributed by atoms with Crippen molar-refractivity contribution in [3.63, 3.8) is 0 Å². The Morgan fingerprint density at radius 3 is 2.50 bits per heavy atom. The Bertz CT molecular complexity index is 1620. The summed E-state index contributed by atoms with van der Waals surface area (Å²) in [5, 5.41) is 2.40. The average Bonchev–Trinajstić information content (AvgIpc) is 3.23. The molecule has 6 aromatic rings. The second-order valence-corrected chi connectivity index (χ2v) is 8.14. The molecule has 0 spiro atoms. The maximum atomic E-state index is 5.91. The van der Waals surface area contributed by atoms with Gasteiger partial charge < -0.3 is 4.74 Å². The predicted octanol–water partition coefficient (Wildman–Crippen LogP) is 6.99. The largest absolute Gasteiger partial charge is 0.437 e. The van der Waals surface area contributed by atoms with Crippen LogP contribution < -0.4 is 4.74 Å². The van der Waals surface area contributed by atoms with Crippen molar-refractivity contribution in [1.29, 1.82) is 0 Å². The van der Waals surface area contributed by atoms with Gasteiger partial charge in [0.1, 0.15) is 11.6 Å². The van der Waals surface area contributed by atoms with Crippen LogP contribution in [0.3, 0.4) is 0 Å². The van der Waals surface area contributed by atoms with Crippen LogP contribution in [0, 0.1) is 0 Å². The molecule has 5 nitrogen and oxygen atoms in total. The molecule has 0 saturated heterocycles. The lowest BCUT2D eigenvalue weighted by atomic mass is 10.0. The third kappa shape index (κ3) is 3.57. The van der Waals surface area contributed by atoms with Gasteiger partial charge in [0.2, 0.25) is 5.88 Å². The van der Waals surface area contributed by atoms with E-state index in [0.29, 0.717) is 11.6 Å². The van der Waals surface area contributed by atoms with E-state index in [0.717, 1.165) is 34.4 Å². The first-order valence-corrected chi connectivity index (χ1v) is 11.3. The summed E-state index contributed by atoms with van der Waals surface area (Å²) < 4.78 is 8.15. The number of rotatable bonds is 5. The third-order valence-electron chi connectivity index (χ3n) is 6.03. The highest BCUT2D eigenvalue weighted by atomic mass is 16.5. The number of ether oxygens (including phenoxy) is 1. The summed E-state index contributed by atoms with van der Waals surface area (Å²) in [6.07, 6.45) is 8.12. The summed E-state index contributed by atoms with van der Waals surface area (Å²) in [7, 11) is 0. The molecule has 0 unspecified atom stereocenters. The topological polar surface area (TPSA) is 52.8 Å². The summed E-state index contributed by atoms with van der Waals surface area (Å²) >= 11 is 0. The number of hydrogen-bond acceptors (Lipinski definition) is 4. The van der Waals surface area contributed by atoms with E-state index < -0.39 is 0 Å². The molecule has 0 saturated carbocycles. The van der Waals surface area contributed by atoms with Crippen molar-refractivity contribution in [2.45, 2.75) is 13.3 Å².